The fourth-order valence-electron chi connectivity index (χ4n) is 2.33. The van der Waals surface area contributed by atoms with Crippen LogP contribution >= 0.6 is 0 Å². The molecular formula is C15H20N2O2. The number of esters is 1. The van der Waals surface area contributed by atoms with Crippen molar-refractivity contribution in [1.29, 1.82) is 0 Å². The van der Waals surface area contributed by atoms with E-state index in [0.29, 0.717) is 0 Å². The van der Waals surface area contributed by atoms with Gasteiger partial charge < -0.3 is 4.74 Å². The average molecular weight is 260 g/mol. The zero-order valence-corrected chi connectivity index (χ0v) is 11.3. The van der Waals surface area contributed by atoms with Crippen LogP contribution in [0.25, 0.3) is 0 Å². The lowest BCUT2D eigenvalue weighted by Gasteiger charge is -2.09. The van der Waals surface area contributed by atoms with Gasteiger partial charge in [0.05, 0.1) is 18.7 Å². The third kappa shape index (κ3) is 4.09. The largest absolute Gasteiger partial charge is 0.469 e. The van der Waals surface area contributed by atoms with Crippen molar-refractivity contribution >= 4 is 17.4 Å². The van der Waals surface area contributed by atoms with Gasteiger partial charge in [-0.25, -0.2) is 0 Å². The Hall–Kier alpha value is -1.84. The quantitative estimate of drug-likeness (QED) is 0.516. The molecule has 1 saturated carbocycles. The Labute approximate surface area is 113 Å². The second-order valence-electron chi connectivity index (χ2n) is 4.81. The summed E-state index contributed by atoms with van der Waals surface area (Å²) in [6, 6.07) is 9.90. The maximum Gasteiger partial charge on any atom is 0.308 e. The summed E-state index contributed by atoms with van der Waals surface area (Å²) in [4.78, 5) is 11.5. The van der Waals surface area contributed by atoms with E-state index in [-0.39, 0.29) is 11.9 Å². The molecule has 1 N–H and O–H groups in total. The summed E-state index contributed by atoms with van der Waals surface area (Å²) in [5.74, 6) is -0.0494. The van der Waals surface area contributed by atoms with Gasteiger partial charge in [0.25, 0.3) is 0 Å². The van der Waals surface area contributed by atoms with E-state index in [1.165, 1.54) is 7.11 Å². The molecule has 102 valence electrons. The van der Waals surface area contributed by atoms with Crippen molar-refractivity contribution < 1.29 is 9.53 Å². The topological polar surface area (TPSA) is 50.7 Å². The molecule has 1 unspecified atom stereocenters. The van der Waals surface area contributed by atoms with Crippen LogP contribution in [0.3, 0.4) is 0 Å². The van der Waals surface area contributed by atoms with Crippen LogP contribution in [-0.4, -0.2) is 18.8 Å². The van der Waals surface area contributed by atoms with Crippen molar-refractivity contribution in [3.05, 3.63) is 30.3 Å². The smallest absolute Gasteiger partial charge is 0.308 e. The summed E-state index contributed by atoms with van der Waals surface area (Å²) < 4.78 is 4.82. The molecule has 1 atom stereocenters. The van der Waals surface area contributed by atoms with Crippen LogP contribution in [0.1, 0.15) is 32.1 Å². The first-order valence-electron chi connectivity index (χ1n) is 6.74. The Morgan fingerprint density at radius 3 is 2.79 bits per heavy atom. The summed E-state index contributed by atoms with van der Waals surface area (Å²) in [5.41, 5.74) is 5.20. The van der Waals surface area contributed by atoms with Gasteiger partial charge in [0.2, 0.25) is 0 Å². The molecule has 0 aliphatic heterocycles. The van der Waals surface area contributed by atoms with E-state index in [2.05, 4.69) is 10.5 Å². The van der Waals surface area contributed by atoms with E-state index in [4.69, 9.17) is 4.74 Å². The first-order chi connectivity index (χ1) is 9.29. The fourth-order valence-corrected chi connectivity index (χ4v) is 2.33. The van der Waals surface area contributed by atoms with Gasteiger partial charge >= 0.3 is 5.97 Å². The number of anilines is 1. The maximum absolute atomic E-state index is 11.5. The molecule has 1 aliphatic rings. The van der Waals surface area contributed by atoms with Crippen LogP contribution in [0.5, 0.6) is 0 Å². The van der Waals surface area contributed by atoms with Crippen molar-refractivity contribution in [2.45, 2.75) is 32.1 Å². The molecule has 4 nitrogen and oxygen atoms in total. The predicted molar refractivity (Wildman–Crippen MR) is 76.1 cm³/mol. The molecule has 2 rings (SSSR count). The van der Waals surface area contributed by atoms with Gasteiger partial charge in [-0.2, -0.15) is 5.10 Å². The lowest BCUT2D eigenvalue weighted by molar-refractivity contribution is -0.145. The number of hydrogen-bond acceptors (Lipinski definition) is 4. The van der Waals surface area contributed by atoms with Crippen LogP contribution in [0.4, 0.5) is 5.69 Å². The number of para-hydroxylation sites is 1. The van der Waals surface area contributed by atoms with Crippen LogP contribution < -0.4 is 5.43 Å². The second-order valence-corrected chi connectivity index (χ2v) is 4.81. The Morgan fingerprint density at radius 1 is 1.26 bits per heavy atom. The number of ether oxygens (including phenoxy) is 1. The molecule has 1 fully saturated rings. The molecule has 4 heteroatoms. The third-order valence-corrected chi connectivity index (χ3v) is 3.45. The molecule has 0 amide bonds. The number of hydrogen-bond donors (Lipinski definition) is 1. The van der Waals surface area contributed by atoms with Gasteiger partial charge in [0.1, 0.15) is 0 Å². The summed E-state index contributed by atoms with van der Waals surface area (Å²) in [7, 11) is 1.46. The Morgan fingerprint density at radius 2 is 2.05 bits per heavy atom. The number of nitrogens with zero attached hydrogens (tertiary/aromatic N) is 1. The zero-order valence-electron chi connectivity index (χ0n) is 11.3. The highest BCUT2D eigenvalue weighted by atomic mass is 16.5. The number of rotatable bonds is 3. The lowest BCUT2D eigenvalue weighted by Crippen LogP contribution is -2.15. The number of carbonyl (C=O) groups excluding carboxylic acids is 1. The minimum Gasteiger partial charge on any atom is -0.469 e. The maximum atomic E-state index is 11.5. The second kappa shape index (κ2) is 6.92. The first kappa shape index (κ1) is 13.6. The van der Waals surface area contributed by atoms with E-state index in [0.717, 1.165) is 43.5 Å². The number of carbonyl (C=O) groups is 1. The van der Waals surface area contributed by atoms with E-state index >= 15 is 0 Å². The van der Waals surface area contributed by atoms with Gasteiger partial charge in [0, 0.05) is 5.71 Å². The molecule has 0 aromatic heterocycles. The Kier molecular flexibility index (Phi) is 4.95. The third-order valence-electron chi connectivity index (χ3n) is 3.45. The van der Waals surface area contributed by atoms with Crippen molar-refractivity contribution in [1.82, 2.24) is 0 Å². The summed E-state index contributed by atoms with van der Waals surface area (Å²) in [6.07, 6.45) is 4.54. The molecule has 0 heterocycles. The summed E-state index contributed by atoms with van der Waals surface area (Å²) >= 11 is 0. The van der Waals surface area contributed by atoms with Gasteiger partial charge in [0.15, 0.2) is 0 Å². The van der Waals surface area contributed by atoms with Crippen molar-refractivity contribution in [2.75, 3.05) is 12.5 Å². The standard InChI is InChI=1S/C15H20N2O2/c1-19-15(18)12-6-5-9-14(11-10-12)17-16-13-7-3-2-4-8-13/h2-4,7-8,12,16H,5-6,9-11H2,1H3/b17-14-. The molecule has 1 aromatic carbocycles. The van der Waals surface area contributed by atoms with Crippen LogP contribution in [0.2, 0.25) is 0 Å². The van der Waals surface area contributed by atoms with Crippen molar-refractivity contribution in [2.24, 2.45) is 11.0 Å². The highest BCUT2D eigenvalue weighted by Gasteiger charge is 2.22. The van der Waals surface area contributed by atoms with Crippen LogP contribution in [-0.2, 0) is 9.53 Å². The van der Waals surface area contributed by atoms with E-state index < -0.39 is 0 Å². The highest BCUT2D eigenvalue weighted by molar-refractivity contribution is 5.86. The average Bonchev–Trinajstić information content (AvgIpc) is 2.71. The summed E-state index contributed by atoms with van der Waals surface area (Å²) in [6.45, 7) is 0. The lowest BCUT2D eigenvalue weighted by atomic mass is 10.0. The predicted octanol–water partition coefficient (Wildman–Crippen LogP) is 3.21. The zero-order chi connectivity index (χ0) is 13.5. The highest BCUT2D eigenvalue weighted by Crippen LogP contribution is 2.23. The van der Waals surface area contributed by atoms with Gasteiger partial charge in [-0.15, -0.1) is 0 Å². The minimum atomic E-state index is -0.0859. The van der Waals surface area contributed by atoms with E-state index in [9.17, 15) is 4.79 Å². The fraction of sp³-hybridized carbons (Fsp3) is 0.467. The molecule has 19 heavy (non-hydrogen) atoms. The van der Waals surface area contributed by atoms with Gasteiger partial charge in [-0.1, -0.05) is 18.2 Å². The van der Waals surface area contributed by atoms with Crippen LogP contribution in [0, 0.1) is 5.92 Å². The molecule has 0 spiro atoms. The molecular weight excluding hydrogens is 240 g/mol. The van der Waals surface area contributed by atoms with Crippen molar-refractivity contribution in [3.8, 4) is 0 Å². The summed E-state index contributed by atoms with van der Waals surface area (Å²) in [5, 5.41) is 4.45. The molecule has 0 bridgehead atoms. The van der Waals surface area contributed by atoms with Gasteiger partial charge in [-0.05, 0) is 44.2 Å². The van der Waals surface area contributed by atoms with Gasteiger partial charge in [-0.3, -0.25) is 10.2 Å². The first-order valence-corrected chi connectivity index (χ1v) is 6.74. The van der Waals surface area contributed by atoms with E-state index in [1.54, 1.807) is 0 Å². The van der Waals surface area contributed by atoms with Crippen molar-refractivity contribution in [3.63, 3.8) is 0 Å². The SMILES string of the molecule is COC(=O)C1CCC/C(=N/Nc2ccccc2)CC1. The minimum absolute atomic E-state index is 0.0365. The number of hydrazone groups is 1. The molecule has 1 aromatic rings. The molecule has 0 radical (unpaired) electrons. The number of benzene rings is 1. The van der Waals surface area contributed by atoms with Crippen LogP contribution in [0.15, 0.2) is 35.4 Å². The number of methoxy groups -OCH3 is 1. The Balaban J connectivity index is 1.90. The number of nitrogens with one attached hydrogen (secondary N) is 1. The molecule has 0 saturated heterocycles. The normalized spacial score (nSPS) is 21.7. The van der Waals surface area contributed by atoms with E-state index in [1.807, 2.05) is 30.3 Å². The monoisotopic (exact) mass is 260 g/mol. The molecule has 1 aliphatic carbocycles. The Bertz CT molecular complexity index is 443.